The van der Waals surface area contributed by atoms with E-state index in [1.807, 2.05) is 38.1 Å². The van der Waals surface area contributed by atoms with Gasteiger partial charge < -0.3 is 20.7 Å². The summed E-state index contributed by atoms with van der Waals surface area (Å²) in [6.07, 6.45) is 2.52. The lowest BCUT2D eigenvalue weighted by Crippen LogP contribution is -2.41. The summed E-state index contributed by atoms with van der Waals surface area (Å²) in [6.45, 7) is 7.61. The average molecular weight is 332 g/mol. The van der Waals surface area contributed by atoms with Gasteiger partial charge >= 0.3 is 0 Å². The Bertz CT molecular complexity index is 536. The number of nitrogens with one attached hydrogen (secondary N) is 3. The molecule has 1 atom stereocenters. The van der Waals surface area contributed by atoms with Gasteiger partial charge in [-0.15, -0.1) is 0 Å². The van der Waals surface area contributed by atoms with Gasteiger partial charge in [0.05, 0.1) is 12.6 Å². The minimum Gasteiger partial charge on any atom is -0.376 e. The predicted molar refractivity (Wildman–Crippen MR) is 96.2 cm³/mol. The average Bonchev–Trinajstić information content (AvgIpc) is 3.11. The fourth-order valence-corrected chi connectivity index (χ4v) is 2.55. The Morgan fingerprint density at radius 2 is 1.92 bits per heavy atom. The normalized spacial score (nSPS) is 17.6. The monoisotopic (exact) mass is 332 g/mol. The van der Waals surface area contributed by atoms with Gasteiger partial charge in [0.15, 0.2) is 5.96 Å². The molecular weight excluding hydrogens is 304 g/mol. The quantitative estimate of drug-likeness (QED) is 0.524. The van der Waals surface area contributed by atoms with Crippen LogP contribution in [0.5, 0.6) is 0 Å². The van der Waals surface area contributed by atoms with E-state index in [0.29, 0.717) is 18.7 Å². The number of hydrogen-bond donors (Lipinski definition) is 3. The van der Waals surface area contributed by atoms with E-state index in [9.17, 15) is 4.79 Å². The fraction of sp³-hybridized carbons (Fsp3) is 0.556. The maximum absolute atomic E-state index is 11.7. The number of guanidine groups is 1. The number of nitrogens with zero attached hydrogens (tertiary/aromatic N) is 1. The zero-order valence-corrected chi connectivity index (χ0v) is 14.6. The summed E-state index contributed by atoms with van der Waals surface area (Å²) in [6, 6.07) is 7.56. The molecule has 2 rings (SSSR count). The van der Waals surface area contributed by atoms with Crippen LogP contribution in [0.1, 0.15) is 42.6 Å². The van der Waals surface area contributed by atoms with E-state index in [2.05, 4.69) is 20.9 Å². The van der Waals surface area contributed by atoms with Crippen LogP contribution in [0, 0.1) is 0 Å². The third-order valence-electron chi connectivity index (χ3n) is 3.84. The largest absolute Gasteiger partial charge is 0.376 e. The number of aliphatic imine (C=N–C) groups is 1. The van der Waals surface area contributed by atoms with Crippen LogP contribution in [0.4, 0.5) is 0 Å². The molecule has 24 heavy (non-hydrogen) atoms. The molecule has 1 fully saturated rings. The standard InChI is InChI=1S/C18H28N4O2/c1-3-19-17(23)15-9-7-14(8-10-15)12-21-18(20-4-2)22-13-16-6-5-11-24-16/h7-10,16H,3-6,11-13H2,1-2H3,(H,19,23)(H2,20,21,22). The summed E-state index contributed by atoms with van der Waals surface area (Å²) in [5.74, 6) is 0.750. The third kappa shape index (κ3) is 5.85. The summed E-state index contributed by atoms with van der Waals surface area (Å²) in [5, 5.41) is 9.36. The van der Waals surface area contributed by atoms with Gasteiger partial charge in [0.25, 0.3) is 5.91 Å². The van der Waals surface area contributed by atoms with Crippen molar-refractivity contribution in [2.45, 2.75) is 39.3 Å². The van der Waals surface area contributed by atoms with Crippen LogP contribution < -0.4 is 16.0 Å². The Morgan fingerprint density at radius 3 is 2.54 bits per heavy atom. The van der Waals surface area contributed by atoms with Crippen LogP contribution in [0.25, 0.3) is 0 Å². The molecule has 0 aliphatic carbocycles. The van der Waals surface area contributed by atoms with Crippen molar-refractivity contribution in [3.8, 4) is 0 Å². The van der Waals surface area contributed by atoms with Crippen molar-refractivity contribution in [1.82, 2.24) is 16.0 Å². The second-order valence-electron chi connectivity index (χ2n) is 5.77. The fourth-order valence-electron chi connectivity index (χ4n) is 2.55. The Kier molecular flexibility index (Phi) is 7.55. The number of carbonyl (C=O) groups is 1. The Morgan fingerprint density at radius 1 is 1.17 bits per heavy atom. The van der Waals surface area contributed by atoms with Gasteiger partial charge in [-0.2, -0.15) is 0 Å². The molecule has 6 nitrogen and oxygen atoms in total. The van der Waals surface area contributed by atoms with Gasteiger partial charge in [-0.05, 0) is 44.4 Å². The van der Waals surface area contributed by atoms with Gasteiger partial charge in [0.2, 0.25) is 0 Å². The highest BCUT2D eigenvalue weighted by molar-refractivity contribution is 5.94. The van der Waals surface area contributed by atoms with Crippen LogP contribution >= 0.6 is 0 Å². The zero-order chi connectivity index (χ0) is 17.2. The summed E-state index contributed by atoms with van der Waals surface area (Å²) < 4.78 is 5.62. The SMILES string of the molecule is CCNC(=O)c1ccc(CN=C(NCC)NCC2CCCO2)cc1. The Hall–Kier alpha value is -2.08. The molecule has 3 N–H and O–H groups in total. The van der Waals surface area contributed by atoms with Crippen molar-refractivity contribution >= 4 is 11.9 Å². The molecule has 1 aromatic rings. The number of benzene rings is 1. The van der Waals surface area contributed by atoms with E-state index in [1.165, 1.54) is 0 Å². The minimum atomic E-state index is -0.0425. The number of ether oxygens (including phenoxy) is 1. The van der Waals surface area contributed by atoms with Gasteiger partial charge in [-0.25, -0.2) is 4.99 Å². The molecule has 0 aromatic heterocycles. The second-order valence-corrected chi connectivity index (χ2v) is 5.77. The molecule has 6 heteroatoms. The van der Waals surface area contributed by atoms with Crippen LogP contribution in [0.15, 0.2) is 29.3 Å². The Labute approximate surface area is 144 Å². The van der Waals surface area contributed by atoms with E-state index >= 15 is 0 Å². The number of carbonyl (C=O) groups excluding carboxylic acids is 1. The molecule has 0 radical (unpaired) electrons. The molecular formula is C18H28N4O2. The third-order valence-corrected chi connectivity index (χ3v) is 3.84. The van der Waals surface area contributed by atoms with E-state index in [1.54, 1.807) is 0 Å². The summed E-state index contributed by atoms with van der Waals surface area (Å²) >= 11 is 0. The van der Waals surface area contributed by atoms with Gasteiger partial charge in [-0.1, -0.05) is 12.1 Å². The van der Waals surface area contributed by atoms with Crippen LogP contribution in [-0.2, 0) is 11.3 Å². The first kappa shape index (κ1) is 18.3. The first-order valence-corrected chi connectivity index (χ1v) is 8.73. The molecule has 132 valence electrons. The first-order valence-electron chi connectivity index (χ1n) is 8.73. The zero-order valence-electron chi connectivity index (χ0n) is 14.6. The first-order chi connectivity index (χ1) is 11.7. The maximum atomic E-state index is 11.7. The maximum Gasteiger partial charge on any atom is 0.251 e. The van der Waals surface area contributed by atoms with Gasteiger partial charge in [0.1, 0.15) is 0 Å². The van der Waals surface area contributed by atoms with Crippen LogP contribution in [0.3, 0.4) is 0 Å². The smallest absolute Gasteiger partial charge is 0.251 e. The predicted octanol–water partition coefficient (Wildman–Crippen LogP) is 1.67. The molecule has 1 heterocycles. The molecule has 1 aromatic carbocycles. The lowest BCUT2D eigenvalue weighted by molar-refractivity contribution is 0.0956. The van der Waals surface area contributed by atoms with Crippen molar-refractivity contribution in [1.29, 1.82) is 0 Å². The van der Waals surface area contributed by atoms with E-state index in [0.717, 1.165) is 44.1 Å². The van der Waals surface area contributed by atoms with Crippen molar-refractivity contribution in [3.63, 3.8) is 0 Å². The molecule has 1 aliphatic heterocycles. The number of amides is 1. The van der Waals surface area contributed by atoms with Crippen LogP contribution in [-0.4, -0.2) is 44.2 Å². The number of hydrogen-bond acceptors (Lipinski definition) is 3. The van der Waals surface area contributed by atoms with Crippen LogP contribution in [0.2, 0.25) is 0 Å². The molecule has 1 saturated heterocycles. The summed E-state index contributed by atoms with van der Waals surface area (Å²) in [4.78, 5) is 16.3. The topological polar surface area (TPSA) is 74.8 Å². The van der Waals surface area contributed by atoms with Gasteiger partial charge in [-0.3, -0.25) is 4.79 Å². The van der Waals surface area contributed by atoms with Crippen molar-refractivity contribution in [3.05, 3.63) is 35.4 Å². The molecule has 1 aliphatic rings. The number of rotatable bonds is 7. The highest BCUT2D eigenvalue weighted by Crippen LogP contribution is 2.10. The van der Waals surface area contributed by atoms with E-state index < -0.39 is 0 Å². The molecule has 0 saturated carbocycles. The molecule has 1 amide bonds. The summed E-state index contributed by atoms with van der Waals surface area (Å²) in [5.41, 5.74) is 1.74. The summed E-state index contributed by atoms with van der Waals surface area (Å²) in [7, 11) is 0. The van der Waals surface area contributed by atoms with E-state index in [4.69, 9.17) is 4.74 Å². The second kappa shape index (κ2) is 9.93. The van der Waals surface area contributed by atoms with E-state index in [-0.39, 0.29) is 12.0 Å². The highest BCUT2D eigenvalue weighted by atomic mass is 16.5. The molecule has 1 unspecified atom stereocenters. The van der Waals surface area contributed by atoms with Crippen molar-refractivity contribution < 1.29 is 9.53 Å². The highest BCUT2D eigenvalue weighted by Gasteiger charge is 2.15. The van der Waals surface area contributed by atoms with Crippen molar-refractivity contribution in [2.24, 2.45) is 4.99 Å². The van der Waals surface area contributed by atoms with Crippen molar-refractivity contribution in [2.75, 3.05) is 26.2 Å². The lowest BCUT2D eigenvalue weighted by Gasteiger charge is -2.14. The van der Waals surface area contributed by atoms with Gasteiger partial charge in [0, 0.05) is 31.8 Å². The molecule has 0 bridgehead atoms. The Balaban J connectivity index is 1.88. The molecule has 0 spiro atoms. The lowest BCUT2D eigenvalue weighted by atomic mass is 10.1. The minimum absolute atomic E-state index is 0.0425.